The van der Waals surface area contributed by atoms with Crippen molar-refractivity contribution in [1.29, 1.82) is 0 Å². The molecule has 21 heavy (non-hydrogen) atoms. The molecule has 116 valence electrons. The van der Waals surface area contributed by atoms with Crippen LogP contribution < -0.4 is 5.32 Å². The minimum atomic E-state index is -0.761. The van der Waals surface area contributed by atoms with E-state index in [0.717, 1.165) is 17.8 Å². The maximum absolute atomic E-state index is 10.3. The summed E-state index contributed by atoms with van der Waals surface area (Å²) in [5.74, 6) is -1.06. The van der Waals surface area contributed by atoms with Crippen molar-refractivity contribution in [3.63, 3.8) is 0 Å². The molecule has 0 aromatic rings. The number of carbonyl (C=O) groups is 3. The fourth-order valence-corrected chi connectivity index (χ4v) is 2.38. The molecule has 0 bridgehead atoms. The third-order valence-electron chi connectivity index (χ3n) is 3.17. The molecular formula is C14H20N2O4S. The van der Waals surface area contributed by atoms with Crippen molar-refractivity contribution in [2.45, 2.75) is 37.4 Å². The monoisotopic (exact) mass is 312 g/mol. The maximum atomic E-state index is 10.3. The summed E-state index contributed by atoms with van der Waals surface area (Å²) in [6.07, 6.45) is 2.37. The highest BCUT2D eigenvalue weighted by atomic mass is 32.1. The van der Waals surface area contributed by atoms with Gasteiger partial charge < -0.3 is 10.0 Å². The molecule has 0 aromatic heterocycles. The van der Waals surface area contributed by atoms with Crippen LogP contribution in [0.3, 0.4) is 0 Å². The third kappa shape index (κ3) is 5.63. The highest BCUT2D eigenvalue weighted by molar-refractivity contribution is 7.81. The molecule has 2 aliphatic rings. The summed E-state index contributed by atoms with van der Waals surface area (Å²) in [7, 11) is 0. The second kappa shape index (κ2) is 7.87. The summed E-state index contributed by atoms with van der Waals surface area (Å²) >= 11 is 4.35. The van der Waals surface area contributed by atoms with Gasteiger partial charge in [-0.15, -0.1) is 0 Å². The van der Waals surface area contributed by atoms with Gasteiger partial charge in [0.25, 0.3) is 0 Å². The standard InChI is InChI=1S/C10H15NO2S.C4H5NO2/c1-7-6-9(14)8(2)11(7)5-3-4-10(12)13;6-3-1-2-4(7)5-3/h9,14H,1-6H2,(H,12,13);1-2H2,(H,5,6,7). The number of hydrogen-bond acceptors (Lipinski definition) is 5. The first-order valence-corrected chi connectivity index (χ1v) is 7.19. The van der Waals surface area contributed by atoms with Crippen LogP contribution in [-0.4, -0.2) is 39.6 Å². The first kappa shape index (κ1) is 17.3. The van der Waals surface area contributed by atoms with Gasteiger partial charge in [-0.3, -0.25) is 19.7 Å². The van der Waals surface area contributed by atoms with E-state index in [-0.39, 0.29) is 23.5 Å². The fraction of sp³-hybridized carbons (Fsp3) is 0.500. The van der Waals surface area contributed by atoms with Gasteiger partial charge in [0.05, 0.1) is 0 Å². The molecular weight excluding hydrogens is 292 g/mol. The smallest absolute Gasteiger partial charge is 0.303 e. The number of thiol groups is 1. The van der Waals surface area contributed by atoms with Crippen molar-refractivity contribution in [3.05, 3.63) is 24.6 Å². The first-order chi connectivity index (χ1) is 9.81. The summed E-state index contributed by atoms with van der Waals surface area (Å²) < 4.78 is 0. The van der Waals surface area contributed by atoms with Crippen LogP contribution in [0.15, 0.2) is 24.6 Å². The van der Waals surface area contributed by atoms with Gasteiger partial charge in [-0.1, -0.05) is 13.2 Å². The zero-order chi connectivity index (χ0) is 16.0. The van der Waals surface area contributed by atoms with Crippen LogP contribution in [0, 0.1) is 0 Å². The van der Waals surface area contributed by atoms with Gasteiger partial charge in [-0.05, 0) is 6.42 Å². The summed E-state index contributed by atoms with van der Waals surface area (Å²) in [6, 6.07) is 0. The number of imide groups is 1. The van der Waals surface area contributed by atoms with Crippen molar-refractivity contribution in [3.8, 4) is 0 Å². The molecule has 1 atom stereocenters. The molecule has 2 fully saturated rings. The molecule has 2 N–H and O–H groups in total. The molecule has 2 saturated heterocycles. The predicted octanol–water partition coefficient (Wildman–Crippen LogP) is 1.31. The van der Waals surface area contributed by atoms with Crippen molar-refractivity contribution < 1.29 is 19.5 Å². The fourth-order valence-electron chi connectivity index (χ4n) is 2.03. The Morgan fingerprint density at radius 2 is 1.90 bits per heavy atom. The lowest BCUT2D eigenvalue weighted by molar-refractivity contribution is -0.137. The number of rotatable bonds is 4. The van der Waals surface area contributed by atoms with Crippen LogP contribution in [0.5, 0.6) is 0 Å². The number of nitrogens with zero attached hydrogens (tertiary/aromatic N) is 1. The minimum Gasteiger partial charge on any atom is -0.481 e. The molecule has 2 rings (SSSR count). The molecule has 0 aliphatic carbocycles. The Bertz CT molecular complexity index is 462. The van der Waals surface area contributed by atoms with Crippen LogP contribution in [0.1, 0.15) is 32.1 Å². The minimum absolute atomic E-state index is 0.146. The predicted molar refractivity (Wildman–Crippen MR) is 81.6 cm³/mol. The molecule has 2 heterocycles. The number of hydrogen-bond donors (Lipinski definition) is 3. The van der Waals surface area contributed by atoms with E-state index in [1.54, 1.807) is 0 Å². The molecule has 2 amide bonds. The molecule has 6 nitrogen and oxygen atoms in total. The highest BCUT2D eigenvalue weighted by Crippen LogP contribution is 2.32. The number of carboxylic acid groups (broad SMARTS) is 1. The van der Waals surface area contributed by atoms with Gasteiger partial charge >= 0.3 is 5.97 Å². The average Bonchev–Trinajstić information content (AvgIpc) is 2.87. The number of aliphatic carboxylic acids is 1. The van der Waals surface area contributed by atoms with Gasteiger partial charge in [0, 0.05) is 48.9 Å². The molecule has 0 spiro atoms. The van der Waals surface area contributed by atoms with Crippen molar-refractivity contribution in [1.82, 2.24) is 10.2 Å². The number of amides is 2. The van der Waals surface area contributed by atoms with Gasteiger partial charge in [0.2, 0.25) is 11.8 Å². The van der Waals surface area contributed by atoms with Crippen LogP contribution in [-0.2, 0) is 14.4 Å². The molecule has 2 aliphatic heterocycles. The lowest BCUT2D eigenvalue weighted by Crippen LogP contribution is -2.18. The van der Waals surface area contributed by atoms with Crippen LogP contribution >= 0.6 is 12.6 Å². The zero-order valence-electron chi connectivity index (χ0n) is 11.8. The Kier molecular flexibility index (Phi) is 6.48. The summed E-state index contributed by atoms with van der Waals surface area (Å²) in [5, 5.41) is 10.8. The SMILES string of the molecule is C=C1CC(S)C(=C)N1CCCC(=O)O.O=C1CCC(=O)N1. The summed E-state index contributed by atoms with van der Waals surface area (Å²) in [4.78, 5) is 32.5. The van der Waals surface area contributed by atoms with E-state index in [0.29, 0.717) is 25.8 Å². The number of carboxylic acids is 1. The number of nitrogens with one attached hydrogen (secondary N) is 1. The lowest BCUT2D eigenvalue weighted by Gasteiger charge is -2.20. The zero-order valence-corrected chi connectivity index (χ0v) is 12.7. The van der Waals surface area contributed by atoms with Crippen LogP contribution in [0.25, 0.3) is 0 Å². The van der Waals surface area contributed by atoms with Gasteiger partial charge in [0.1, 0.15) is 0 Å². The second-order valence-electron chi connectivity index (χ2n) is 4.90. The molecule has 1 unspecified atom stereocenters. The van der Waals surface area contributed by atoms with E-state index < -0.39 is 5.97 Å². The number of likely N-dealkylation sites (tertiary alicyclic amines) is 1. The Balaban J connectivity index is 0.000000262. The normalized spacial score (nSPS) is 21.2. The topological polar surface area (TPSA) is 86.7 Å². The Morgan fingerprint density at radius 1 is 1.33 bits per heavy atom. The third-order valence-corrected chi connectivity index (χ3v) is 3.65. The summed E-state index contributed by atoms with van der Waals surface area (Å²) in [5.41, 5.74) is 1.92. The van der Waals surface area contributed by atoms with E-state index in [1.165, 1.54) is 0 Å². The largest absolute Gasteiger partial charge is 0.481 e. The molecule has 0 aromatic carbocycles. The van der Waals surface area contributed by atoms with Gasteiger partial charge in [0.15, 0.2) is 0 Å². The van der Waals surface area contributed by atoms with Crippen molar-refractivity contribution in [2.75, 3.05) is 6.54 Å². The van der Waals surface area contributed by atoms with Crippen molar-refractivity contribution in [2.24, 2.45) is 0 Å². The van der Waals surface area contributed by atoms with E-state index in [1.807, 2.05) is 4.90 Å². The highest BCUT2D eigenvalue weighted by Gasteiger charge is 2.26. The van der Waals surface area contributed by atoms with Crippen LogP contribution in [0.4, 0.5) is 0 Å². The summed E-state index contributed by atoms with van der Waals surface area (Å²) in [6.45, 7) is 8.49. The van der Waals surface area contributed by atoms with E-state index in [2.05, 4.69) is 31.1 Å². The van der Waals surface area contributed by atoms with E-state index in [9.17, 15) is 14.4 Å². The van der Waals surface area contributed by atoms with Crippen LogP contribution in [0.2, 0.25) is 0 Å². The average molecular weight is 312 g/mol. The molecule has 7 heteroatoms. The number of allylic oxidation sites excluding steroid dienone is 1. The van der Waals surface area contributed by atoms with E-state index >= 15 is 0 Å². The lowest BCUT2D eigenvalue weighted by atomic mass is 10.3. The van der Waals surface area contributed by atoms with Gasteiger partial charge in [-0.25, -0.2) is 0 Å². The second-order valence-corrected chi connectivity index (χ2v) is 5.52. The molecule has 0 radical (unpaired) electrons. The van der Waals surface area contributed by atoms with E-state index in [4.69, 9.17) is 5.11 Å². The van der Waals surface area contributed by atoms with Crippen molar-refractivity contribution >= 4 is 30.4 Å². The Labute approximate surface area is 129 Å². The van der Waals surface area contributed by atoms with Gasteiger partial charge in [-0.2, -0.15) is 12.6 Å². The molecule has 0 saturated carbocycles. The Hall–Kier alpha value is -1.76. The maximum Gasteiger partial charge on any atom is 0.303 e. The Morgan fingerprint density at radius 3 is 2.24 bits per heavy atom. The first-order valence-electron chi connectivity index (χ1n) is 6.68. The number of carbonyl (C=O) groups excluding carboxylic acids is 2. The quantitative estimate of drug-likeness (QED) is 0.538.